The van der Waals surface area contributed by atoms with E-state index >= 15 is 0 Å². The number of aliphatic imine (C=N–C) groups is 1. The second kappa shape index (κ2) is 7.61. The summed E-state index contributed by atoms with van der Waals surface area (Å²) in [4.78, 5) is 27.8. The van der Waals surface area contributed by atoms with Crippen LogP contribution in [0.2, 0.25) is 0 Å². The van der Waals surface area contributed by atoms with Crippen molar-refractivity contribution in [2.45, 2.75) is 32.8 Å². The van der Waals surface area contributed by atoms with Gasteiger partial charge in [0.1, 0.15) is 18.0 Å². The summed E-state index contributed by atoms with van der Waals surface area (Å²) in [5, 5.41) is 5.10. The fraction of sp³-hybridized carbons (Fsp3) is 0.353. The molecule has 24 heavy (non-hydrogen) atoms. The number of nitrogens with one attached hydrogen (secondary N) is 2. The Bertz CT molecular complexity index is 705. The normalized spacial score (nSPS) is 13.8. The van der Waals surface area contributed by atoms with Gasteiger partial charge in [0.15, 0.2) is 0 Å². The minimum absolute atomic E-state index is 0.167. The lowest BCUT2D eigenvalue weighted by molar-refractivity contribution is -0.118. The van der Waals surface area contributed by atoms with E-state index in [4.69, 9.17) is 4.74 Å². The molecule has 2 N–H and O–H groups in total. The van der Waals surface area contributed by atoms with E-state index in [1.54, 1.807) is 20.8 Å². The molecule has 0 atom stereocenters. The fourth-order valence-electron chi connectivity index (χ4n) is 2.01. The minimum Gasteiger partial charge on any atom is -0.444 e. The average Bonchev–Trinajstić information content (AvgIpc) is 2.92. The van der Waals surface area contributed by atoms with Crippen LogP contribution in [0.25, 0.3) is 5.70 Å². The molecule has 0 saturated heterocycles. The Morgan fingerprint density at radius 1 is 1.33 bits per heavy atom. The van der Waals surface area contributed by atoms with Gasteiger partial charge in [-0.3, -0.25) is 4.79 Å². The highest BCUT2D eigenvalue weighted by molar-refractivity contribution is 9.10. The molecule has 1 aliphatic rings. The molecule has 2 amide bonds. The van der Waals surface area contributed by atoms with Crippen molar-refractivity contribution in [3.05, 3.63) is 40.4 Å². The maximum absolute atomic E-state index is 11.9. The summed E-state index contributed by atoms with van der Waals surface area (Å²) in [6, 6.07) is 7.78. The lowest BCUT2D eigenvalue weighted by Crippen LogP contribution is -2.41. The summed E-state index contributed by atoms with van der Waals surface area (Å²) in [5.41, 5.74) is 1.19. The van der Waals surface area contributed by atoms with Crippen LogP contribution in [-0.2, 0) is 9.53 Å². The molecule has 1 aromatic carbocycles. The maximum Gasteiger partial charge on any atom is 0.408 e. The smallest absolute Gasteiger partial charge is 0.408 e. The molecule has 1 aromatic rings. The molecule has 0 radical (unpaired) electrons. The van der Waals surface area contributed by atoms with Gasteiger partial charge in [-0.1, -0.05) is 34.1 Å². The zero-order valence-corrected chi connectivity index (χ0v) is 15.4. The Hall–Kier alpha value is -2.15. The molecule has 0 bridgehead atoms. The van der Waals surface area contributed by atoms with E-state index in [1.807, 2.05) is 30.3 Å². The molecule has 6 nitrogen and oxygen atoms in total. The molecular weight excluding hydrogens is 374 g/mol. The molecule has 0 unspecified atom stereocenters. The van der Waals surface area contributed by atoms with Crippen LogP contribution in [0.4, 0.5) is 4.79 Å². The summed E-state index contributed by atoms with van der Waals surface area (Å²) < 4.78 is 6.04. The van der Waals surface area contributed by atoms with Gasteiger partial charge < -0.3 is 15.4 Å². The Morgan fingerprint density at radius 3 is 2.75 bits per heavy atom. The highest BCUT2D eigenvalue weighted by atomic mass is 79.9. The van der Waals surface area contributed by atoms with E-state index in [-0.39, 0.29) is 12.5 Å². The fourth-order valence-corrected chi connectivity index (χ4v) is 2.41. The van der Waals surface area contributed by atoms with E-state index in [1.165, 1.54) is 0 Å². The molecule has 0 spiro atoms. The van der Waals surface area contributed by atoms with E-state index in [0.717, 1.165) is 15.7 Å². The number of amides is 2. The van der Waals surface area contributed by atoms with Crippen molar-refractivity contribution < 1.29 is 14.3 Å². The molecule has 0 fully saturated rings. The third-order valence-corrected chi connectivity index (χ3v) is 3.43. The van der Waals surface area contributed by atoms with Crippen LogP contribution in [0.1, 0.15) is 32.8 Å². The van der Waals surface area contributed by atoms with Crippen LogP contribution in [0.3, 0.4) is 0 Å². The number of rotatable bonds is 3. The maximum atomic E-state index is 11.9. The predicted octanol–water partition coefficient (Wildman–Crippen LogP) is 3.23. The van der Waals surface area contributed by atoms with Crippen LogP contribution < -0.4 is 10.6 Å². The number of nitrogens with zero attached hydrogens (tertiary/aromatic N) is 1. The van der Waals surface area contributed by atoms with Crippen molar-refractivity contribution in [1.29, 1.82) is 0 Å². The first-order chi connectivity index (χ1) is 11.2. The van der Waals surface area contributed by atoms with Crippen LogP contribution in [0.5, 0.6) is 0 Å². The van der Waals surface area contributed by atoms with E-state index < -0.39 is 11.7 Å². The number of hydrogen-bond acceptors (Lipinski definition) is 4. The van der Waals surface area contributed by atoms with Crippen LogP contribution in [0.15, 0.2) is 39.8 Å². The van der Waals surface area contributed by atoms with Crippen LogP contribution in [0, 0.1) is 0 Å². The summed E-state index contributed by atoms with van der Waals surface area (Å²) >= 11 is 3.42. The molecule has 1 heterocycles. The molecular formula is C17H20BrN3O3. The number of carbonyl (C=O) groups excluding carboxylic acids is 2. The van der Waals surface area contributed by atoms with E-state index in [2.05, 4.69) is 31.6 Å². The van der Waals surface area contributed by atoms with E-state index in [0.29, 0.717) is 12.3 Å². The number of halogens is 1. The Balaban J connectivity index is 1.83. The van der Waals surface area contributed by atoms with Crippen molar-refractivity contribution in [3.8, 4) is 0 Å². The van der Waals surface area contributed by atoms with Crippen molar-refractivity contribution in [2.75, 3.05) is 6.54 Å². The van der Waals surface area contributed by atoms with Crippen molar-refractivity contribution >= 4 is 39.5 Å². The molecule has 0 aliphatic carbocycles. The van der Waals surface area contributed by atoms with Gasteiger partial charge in [-0.25, -0.2) is 9.79 Å². The van der Waals surface area contributed by atoms with Gasteiger partial charge in [-0.2, -0.15) is 0 Å². The number of alkyl carbamates (subject to hydrolysis) is 1. The van der Waals surface area contributed by atoms with Crippen LogP contribution in [-0.4, -0.2) is 30.0 Å². The van der Waals surface area contributed by atoms with Crippen molar-refractivity contribution in [3.63, 3.8) is 0 Å². The lowest BCUT2D eigenvalue weighted by Gasteiger charge is -2.19. The monoisotopic (exact) mass is 393 g/mol. The number of carbonyl (C=O) groups is 2. The highest BCUT2D eigenvalue weighted by Gasteiger charge is 2.17. The SMILES string of the molecule is CC(C)(C)OC(=O)NCC(=O)NC1=NC(c2cccc(Br)c2)=CC1. The van der Waals surface area contributed by atoms with E-state index in [9.17, 15) is 9.59 Å². The first-order valence-electron chi connectivity index (χ1n) is 7.53. The molecule has 7 heteroatoms. The zero-order valence-electron chi connectivity index (χ0n) is 13.9. The minimum atomic E-state index is -0.626. The molecule has 2 rings (SSSR count). The highest BCUT2D eigenvalue weighted by Crippen LogP contribution is 2.24. The first kappa shape index (κ1) is 18.2. The summed E-state index contributed by atoms with van der Waals surface area (Å²) in [7, 11) is 0. The first-order valence-corrected chi connectivity index (χ1v) is 8.32. The van der Waals surface area contributed by atoms with Crippen LogP contribution >= 0.6 is 15.9 Å². The van der Waals surface area contributed by atoms with Gasteiger partial charge in [-0.05, 0) is 32.9 Å². The van der Waals surface area contributed by atoms with Gasteiger partial charge in [0.05, 0.1) is 5.70 Å². The van der Waals surface area contributed by atoms with Crippen molar-refractivity contribution in [2.24, 2.45) is 4.99 Å². The number of benzene rings is 1. The number of hydrogen-bond donors (Lipinski definition) is 2. The van der Waals surface area contributed by atoms with Gasteiger partial charge >= 0.3 is 6.09 Å². The summed E-state index contributed by atoms with van der Waals surface area (Å²) in [6.07, 6.45) is 1.86. The largest absolute Gasteiger partial charge is 0.444 e. The van der Waals surface area contributed by atoms with Crippen molar-refractivity contribution in [1.82, 2.24) is 10.6 Å². The van der Waals surface area contributed by atoms with Gasteiger partial charge in [0.2, 0.25) is 5.91 Å². The topological polar surface area (TPSA) is 79.8 Å². The quantitative estimate of drug-likeness (QED) is 0.826. The molecule has 1 aliphatic heterocycles. The number of amidine groups is 1. The lowest BCUT2D eigenvalue weighted by atomic mass is 10.1. The zero-order chi connectivity index (χ0) is 17.7. The second-order valence-corrected chi connectivity index (χ2v) is 7.18. The predicted molar refractivity (Wildman–Crippen MR) is 96.6 cm³/mol. The summed E-state index contributed by atoms with van der Waals surface area (Å²) in [6.45, 7) is 5.11. The Kier molecular flexibility index (Phi) is 5.77. The average molecular weight is 394 g/mol. The third kappa shape index (κ3) is 5.81. The van der Waals surface area contributed by atoms with Gasteiger partial charge in [-0.15, -0.1) is 0 Å². The standard InChI is InChI=1S/C17H20BrN3O3/c1-17(2,3)24-16(23)19-10-15(22)21-14-8-7-13(20-14)11-5-4-6-12(18)9-11/h4-7,9H,8,10H2,1-3H3,(H,19,23)(H,20,21,22). The molecule has 0 aromatic heterocycles. The Labute approximate surface area is 149 Å². The summed E-state index contributed by atoms with van der Waals surface area (Å²) in [5.74, 6) is 0.212. The second-order valence-electron chi connectivity index (χ2n) is 6.27. The Morgan fingerprint density at radius 2 is 2.08 bits per heavy atom. The molecule has 128 valence electrons. The third-order valence-electron chi connectivity index (χ3n) is 2.94. The van der Waals surface area contributed by atoms with Gasteiger partial charge in [0, 0.05) is 16.5 Å². The number of ether oxygens (including phenoxy) is 1. The van der Waals surface area contributed by atoms with Gasteiger partial charge in [0.25, 0.3) is 0 Å². The molecule has 0 saturated carbocycles.